The van der Waals surface area contributed by atoms with Crippen LogP contribution in [0.3, 0.4) is 0 Å². The Kier molecular flexibility index (Phi) is 6.28. The van der Waals surface area contributed by atoms with E-state index < -0.39 is 11.4 Å². The first kappa shape index (κ1) is 16.0. The zero-order valence-electron chi connectivity index (χ0n) is 11.9. The SMILES string of the molecule is COC(C)CCC(=O)NCC1(C(=O)O)CCCCC1. The molecule has 0 heterocycles. The van der Waals surface area contributed by atoms with Crippen LogP contribution in [0.15, 0.2) is 0 Å². The first-order valence-electron chi connectivity index (χ1n) is 7.03. The van der Waals surface area contributed by atoms with Gasteiger partial charge in [0.1, 0.15) is 0 Å². The smallest absolute Gasteiger partial charge is 0.311 e. The van der Waals surface area contributed by atoms with Gasteiger partial charge in [-0.3, -0.25) is 9.59 Å². The van der Waals surface area contributed by atoms with Crippen molar-refractivity contribution in [2.75, 3.05) is 13.7 Å². The van der Waals surface area contributed by atoms with Crippen molar-refractivity contribution in [1.29, 1.82) is 0 Å². The molecule has 1 saturated carbocycles. The van der Waals surface area contributed by atoms with Crippen molar-refractivity contribution in [2.24, 2.45) is 5.41 Å². The first-order chi connectivity index (χ1) is 9.00. The second-order valence-corrected chi connectivity index (χ2v) is 5.51. The van der Waals surface area contributed by atoms with Gasteiger partial charge in [-0.2, -0.15) is 0 Å². The number of carbonyl (C=O) groups excluding carboxylic acids is 1. The van der Waals surface area contributed by atoms with Gasteiger partial charge in [-0.05, 0) is 26.2 Å². The van der Waals surface area contributed by atoms with Crippen LogP contribution in [0.1, 0.15) is 51.9 Å². The molecule has 19 heavy (non-hydrogen) atoms. The fraction of sp³-hybridized carbons (Fsp3) is 0.857. The molecule has 5 heteroatoms. The van der Waals surface area contributed by atoms with Crippen molar-refractivity contribution in [3.63, 3.8) is 0 Å². The summed E-state index contributed by atoms with van der Waals surface area (Å²) in [6, 6.07) is 0. The summed E-state index contributed by atoms with van der Waals surface area (Å²) in [6.45, 7) is 2.16. The van der Waals surface area contributed by atoms with Crippen molar-refractivity contribution in [1.82, 2.24) is 5.32 Å². The van der Waals surface area contributed by atoms with E-state index in [9.17, 15) is 14.7 Å². The summed E-state index contributed by atoms with van der Waals surface area (Å²) in [5.41, 5.74) is -0.749. The van der Waals surface area contributed by atoms with E-state index in [2.05, 4.69) is 5.32 Å². The molecule has 1 unspecified atom stereocenters. The van der Waals surface area contributed by atoms with Gasteiger partial charge in [-0.25, -0.2) is 0 Å². The molecule has 1 aliphatic carbocycles. The Hall–Kier alpha value is -1.10. The highest BCUT2D eigenvalue weighted by Crippen LogP contribution is 2.36. The molecule has 0 saturated heterocycles. The van der Waals surface area contributed by atoms with E-state index in [0.717, 1.165) is 19.3 Å². The van der Waals surface area contributed by atoms with Crippen LogP contribution in [0.4, 0.5) is 0 Å². The molecular weight excluding hydrogens is 246 g/mol. The number of hydrogen-bond acceptors (Lipinski definition) is 3. The number of methoxy groups -OCH3 is 1. The highest BCUT2D eigenvalue weighted by molar-refractivity contribution is 5.79. The quantitative estimate of drug-likeness (QED) is 0.742. The number of ether oxygens (including phenoxy) is 1. The predicted octanol–water partition coefficient (Wildman–Crippen LogP) is 1.95. The molecule has 1 amide bonds. The van der Waals surface area contributed by atoms with Crippen molar-refractivity contribution in [3.05, 3.63) is 0 Å². The van der Waals surface area contributed by atoms with E-state index in [4.69, 9.17) is 4.74 Å². The Morgan fingerprint density at radius 1 is 1.32 bits per heavy atom. The minimum Gasteiger partial charge on any atom is -0.481 e. The molecule has 0 bridgehead atoms. The lowest BCUT2D eigenvalue weighted by Gasteiger charge is -2.33. The second-order valence-electron chi connectivity index (χ2n) is 5.51. The predicted molar refractivity (Wildman–Crippen MR) is 71.9 cm³/mol. The Balaban J connectivity index is 2.39. The van der Waals surface area contributed by atoms with Gasteiger partial charge in [0.25, 0.3) is 0 Å². The summed E-state index contributed by atoms with van der Waals surface area (Å²) in [5, 5.41) is 12.2. The van der Waals surface area contributed by atoms with Gasteiger partial charge < -0.3 is 15.2 Å². The molecule has 110 valence electrons. The average Bonchev–Trinajstić information content (AvgIpc) is 2.43. The Bertz CT molecular complexity index is 311. The largest absolute Gasteiger partial charge is 0.481 e. The van der Waals surface area contributed by atoms with Crippen LogP contribution in [0.2, 0.25) is 0 Å². The molecule has 0 radical (unpaired) electrons. The highest BCUT2D eigenvalue weighted by atomic mass is 16.5. The topological polar surface area (TPSA) is 75.6 Å². The molecule has 1 rings (SSSR count). The van der Waals surface area contributed by atoms with E-state index in [1.54, 1.807) is 7.11 Å². The van der Waals surface area contributed by atoms with Gasteiger partial charge in [0.2, 0.25) is 5.91 Å². The van der Waals surface area contributed by atoms with E-state index in [1.807, 2.05) is 6.92 Å². The van der Waals surface area contributed by atoms with Crippen molar-refractivity contribution in [3.8, 4) is 0 Å². The summed E-state index contributed by atoms with van der Waals surface area (Å²) in [5.74, 6) is -0.868. The molecule has 0 aromatic rings. The third-order valence-corrected chi connectivity index (χ3v) is 4.07. The van der Waals surface area contributed by atoms with Crippen LogP contribution >= 0.6 is 0 Å². The maximum absolute atomic E-state index is 11.7. The minimum absolute atomic E-state index is 0.0499. The number of carboxylic acids is 1. The standard InChI is InChI=1S/C14H25NO4/c1-11(19-2)6-7-12(16)15-10-14(13(17)18)8-4-3-5-9-14/h11H,3-10H2,1-2H3,(H,15,16)(H,17,18). The van der Waals surface area contributed by atoms with Gasteiger partial charge in [-0.15, -0.1) is 0 Å². The zero-order chi connectivity index (χ0) is 14.3. The third-order valence-electron chi connectivity index (χ3n) is 4.07. The Morgan fingerprint density at radius 2 is 1.95 bits per heavy atom. The average molecular weight is 271 g/mol. The lowest BCUT2D eigenvalue weighted by Crippen LogP contribution is -2.44. The van der Waals surface area contributed by atoms with Gasteiger partial charge in [0, 0.05) is 20.1 Å². The molecule has 5 nitrogen and oxygen atoms in total. The summed E-state index contributed by atoms with van der Waals surface area (Å²) in [7, 11) is 1.62. The van der Waals surface area contributed by atoms with Crippen LogP contribution < -0.4 is 5.32 Å². The van der Waals surface area contributed by atoms with E-state index >= 15 is 0 Å². The second kappa shape index (κ2) is 7.48. The molecule has 0 spiro atoms. The van der Waals surface area contributed by atoms with Crippen LogP contribution in [-0.4, -0.2) is 36.7 Å². The lowest BCUT2D eigenvalue weighted by molar-refractivity contribution is -0.151. The summed E-state index contributed by atoms with van der Waals surface area (Å²) in [4.78, 5) is 23.1. The van der Waals surface area contributed by atoms with Gasteiger partial charge in [0.05, 0.1) is 11.5 Å². The normalized spacial score (nSPS) is 19.7. The summed E-state index contributed by atoms with van der Waals surface area (Å²) < 4.78 is 5.08. The number of hydrogen-bond donors (Lipinski definition) is 2. The van der Waals surface area contributed by atoms with Crippen molar-refractivity contribution in [2.45, 2.75) is 58.0 Å². The minimum atomic E-state index is -0.780. The van der Waals surface area contributed by atoms with Crippen LogP contribution in [-0.2, 0) is 14.3 Å². The third kappa shape index (κ3) is 4.82. The number of nitrogens with one attached hydrogen (secondary N) is 1. The van der Waals surface area contributed by atoms with Crippen molar-refractivity contribution < 1.29 is 19.4 Å². The van der Waals surface area contributed by atoms with Crippen LogP contribution in [0.25, 0.3) is 0 Å². The number of aliphatic carboxylic acids is 1. The summed E-state index contributed by atoms with van der Waals surface area (Å²) in [6.07, 6.45) is 5.37. The van der Waals surface area contributed by atoms with E-state index in [-0.39, 0.29) is 18.6 Å². The van der Waals surface area contributed by atoms with Crippen LogP contribution in [0, 0.1) is 5.41 Å². The fourth-order valence-corrected chi connectivity index (χ4v) is 2.50. The molecule has 0 aliphatic heterocycles. The number of rotatable bonds is 7. The van der Waals surface area contributed by atoms with Gasteiger partial charge in [-0.1, -0.05) is 19.3 Å². The maximum Gasteiger partial charge on any atom is 0.311 e. The van der Waals surface area contributed by atoms with Gasteiger partial charge >= 0.3 is 5.97 Å². The maximum atomic E-state index is 11.7. The van der Waals surface area contributed by atoms with Crippen molar-refractivity contribution >= 4 is 11.9 Å². The fourth-order valence-electron chi connectivity index (χ4n) is 2.50. The first-order valence-corrected chi connectivity index (χ1v) is 7.03. The number of carboxylic acid groups (broad SMARTS) is 1. The van der Waals surface area contributed by atoms with Crippen LogP contribution in [0.5, 0.6) is 0 Å². The molecule has 0 aromatic heterocycles. The summed E-state index contributed by atoms with van der Waals surface area (Å²) >= 11 is 0. The monoisotopic (exact) mass is 271 g/mol. The number of carbonyl (C=O) groups is 2. The van der Waals surface area contributed by atoms with E-state index in [1.165, 1.54) is 0 Å². The number of amides is 1. The molecule has 2 N–H and O–H groups in total. The Labute approximate surface area is 114 Å². The highest BCUT2D eigenvalue weighted by Gasteiger charge is 2.39. The molecule has 0 aromatic carbocycles. The van der Waals surface area contributed by atoms with E-state index in [0.29, 0.717) is 25.7 Å². The molecule has 1 aliphatic rings. The molecule has 1 fully saturated rings. The zero-order valence-corrected chi connectivity index (χ0v) is 11.9. The molecular formula is C14H25NO4. The molecule has 1 atom stereocenters. The lowest BCUT2D eigenvalue weighted by atomic mass is 9.74. The van der Waals surface area contributed by atoms with Gasteiger partial charge in [0.15, 0.2) is 0 Å². The Morgan fingerprint density at radius 3 is 2.47 bits per heavy atom.